The number of nitrogens with one attached hydrogen (secondary N) is 2. The van der Waals surface area contributed by atoms with Crippen LogP contribution >= 0.6 is 24.0 Å². The Hall–Kier alpha value is -1.18. The minimum atomic E-state index is 0. The highest BCUT2D eigenvalue weighted by Gasteiger charge is 2.05. The predicted molar refractivity (Wildman–Crippen MR) is 93.5 cm³/mol. The van der Waals surface area contributed by atoms with Crippen LogP contribution in [0.2, 0.25) is 0 Å². The number of nitrogens with zero attached hydrogens (tertiary/aromatic N) is 1. The molecule has 0 spiro atoms. The zero-order chi connectivity index (χ0) is 14.1. The Morgan fingerprint density at radius 1 is 1.10 bits per heavy atom. The van der Waals surface area contributed by atoms with Gasteiger partial charge >= 0.3 is 0 Å². The first-order chi connectivity index (χ1) is 9.24. The fourth-order valence-corrected chi connectivity index (χ4v) is 1.66. The van der Waals surface area contributed by atoms with E-state index in [2.05, 4.69) is 15.6 Å². The van der Waals surface area contributed by atoms with Crippen LogP contribution in [0.3, 0.4) is 0 Å². The number of ether oxygens (including phenoxy) is 2. The molecule has 0 saturated heterocycles. The highest BCUT2D eigenvalue weighted by Crippen LogP contribution is 2.24. The van der Waals surface area contributed by atoms with E-state index in [-0.39, 0.29) is 24.0 Å². The van der Waals surface area contributed by atoms with Gasteiger partial charge in [-0.15, -0.1) is 24.0 Å². The van der Waals surface area contributed by atoms with Gasteiger partial charge < -0.3 is 20.1 Å². The zero-order valence-corrected chi connectivity index (χ0v) is 14.9. The van der Waals surface area contributed by atoms with Gasteiger partial charge in [0.1, 0.15) is 11.5 Å². The summed E-state index contributed by atoms with van der Waals surface area (Å²) < 4.78 is 10.5. The molecule has 5 nitrogen and oxygen atoms in total. The van der Waals surface area contributed by atoms with Gasteiger partial charge in [-0.05, 0) is 26.0 Å². The van der Waals surface area contributed by atoms with Crippen molar-refractivity contribution >= 4 is 29.9 Å². The average molecular weight is 393 g/mol. The lowest BCUT2D eigenvalue weighted by Gasteiger charge is -2.11. The molecule has 6 heteroatoms. The molecule has 1 rings (SSSR count). The van der Waals surface area contributed by atoms with Crippen molar-refractivity contribution in [2.45, 2.75) is 20.4 Å². The summed E-state index contributed by atoms with van der Waals surface area (Å²) in [5, 5.41) is 6.37. The quantitative estimate of drug-likeness (QED) is 0.443. The second-order valence-electron chi connectivity index (χ2n) is 3.90. The summed E-state index contributed by atoms with van der Waals surface area (Å²) in [5.41, 5.74) is 1.02. The van der Waals surface area contributed by atoms with Gasteiger partial charge in [0.2, 0.25) is 0 Å². The molecule has 1 aromatic carbocycles. The minimum Gasteiger partial charge on any atom is -0.497 e. The van der Waals surface area contributed by atoms with Crippen molar-refractivity contribution in [3.05, 3.63) is 23.8 Å². The minimum absolute atomic E-state index is 0. The van der Waals surface area contributed by atoms with E-state index < -0.39 is 0 Å². The number of aliphatic imine (C=N–C) groups is 1. The van der Waals surface area contributed by atoms with E-state index in [1.54, 1.807) is 14.2 Å². The molecule has 1 aromatic rings. The molecule has 0 unspecified atom stereocenters. The molecule has 2 N–H and O–H groups in total. The molecule has 0 radical (unpaired) electrons. The number of guanidine groups is 1. The maximum Gasteiger partial charge on any atom is 0.191 e. The molecule has 0 aliphatic carbocycles. The van der Waals surface area contributed by atoms with E-state index in [9.17, 15) is 0 Å². The number of hydrogen-bond acceptors (Lipinski definition) is 3. The standard InChI is InChI=1S/C14H23N3O2.HI/c1-5-15-14(16-6-2)17-10-11-7-8-12(18-3)9-13(11)19-4;/h7-9H,5-6,10H2,1-4H3,(H2,15,16,17);1H. The van der Waals surface area contributed by atoms with Crippen LogP contribution in [-0.4, -0.2) is 33.3 Å². The predicted octanol–water partition coefficient (Wildman–Crippen LogP) is 2.40. The second kappa shape index (κ2) is 10.6. The van der Waals surface area contributed by atoms with E-state index in [0.717, 1.165) is 36.1 Å². The van der Waals surface area contributed by atoms with Gasteiger partial charge in [-0.3, -0.25) is 0 Å². The maximum absolute atomic E-state index is 5.35. The maximum atomic E-state index is 5.35. The summed E-state index contributed by atoms with van der Waals surface area (Å²) in [7, 11) is 3.29. The smallest absolute Gasteiger partial charge is 0.191 e. The lowest BCUT2D eigenvalue weighted by Crippen LogP contribution is -2.36. The molecule has 0 amide bonds. The van der Waals surface area contributed by atoms with Crippen LogP contribution in [0.5, 0.6) is 11.5 Å². The molecular weight excluding hydrogens is 369 g/mol. The van der Waals surface area contributed by atoms with Crippen molar-refractivity contribution in [2.75, 3.05) is 27.3 Å². The molecule has 20 heavy (non-hydrogen) atoms. The van der Waals surface area contributed by atoms with E-state index in [1.165, 1.54) is 0 Å². The van der Waals surface area contributed by atoms with E-state index >= 15 is 0 Å². The van der Waals surface area contributed by atoms with Crippen molar-refractivity contribution in [3.8, 4) is 11.5 Å². The van der Waals surface area contributed by atoms with Crippen LogP contribution < -0.4 is 20.1 Å². The van der Waals surface area contributed by atoms with E-state index in [4.69, 9.17) is 9.47 Å². The number of methoxy groups -OCH3 is 2. The van der Waals surface area contributed by atoms with E-state index in [0.29, 0.717) is 6.54 Å². The monoisotopic (exact) mass is 393 g/mol. The summed E-state index contributed by atoms with van der Waals surface area (Å²) in [4.78, 5) is 4.51. The van der Waals surface area contributed by atoms with Gasteiger partial charge in [0.25, 0.3) is 0 Å². The molecule has 114 valence electrons. The summed E-state index contributed by atoms with van der Waals surface area (Å²) in [6.07, 6.45) is 0. The van der Waals surface area contributed by atoms with Gasteiger partial charge in [0, 0.05) is 24.7 Å². The summed E-state index contributed by atoms with van der Waals surface area (Å²) in [6.45, 7) is 6.32. The Morgan fingerprint density at radius 2 is 1.75 bits per heavy atom. The van der Waals surface area contributed by atoms with Gasteiger partial charge in [-0.2, -0.15) is 0 Å². The zero-order valence-electron chi connectivity index (χ0n) is 12.5. The van der Waals surface area contributed by atoms with Crippen molar-refractivity contribution in [3.63, 3.8) is 0 Å². The topological polar surface area (TPSA) is 54.9 Å². The molecule has 0 fully saturated rings. The Labute approximate surface area is 138 Å². The Bertz CT molecular complexity index is 417. The fraction of sp³-hybridized carbons (Fsp3) is 0.500. The number of hydrogen-bond donors (Lipinski definition) is 2. The number of halogens is 1. The lowest BCUT2D eigenvalue weighted by molar-refractivity contribution is 0.391. The first-order valence-electron chi connectivity index (χ1n) is 6.48. The Kier molecular flexibility index (Phi) is 9.96. The van der Waals surface area contributed by atoms with Crippen LogP contribution in [0.15, 0.2) is 23.2 Å². The highest BCUT2D eigenvalue weighted by atomic mass is 127. The van der Waals surface area contributed by atoms with Gasteiger partial charge in [-0.1, -0.05) is 0 Å². The van der Waals surface area contributed by atoms with Crippen molar-refractivity contribution in [2.24, 2.45) is 4.99 Å². The third-order valence-corrected chi connectivity index (χ3v) is 2.59. The SMILES string of the molecule is CCNC(=NCc1ccc(OC)cc1OC)NCC.I. The lowest BCUT2D eigenvalue weighted by atomic mass is 10.2. The van der Waals surface area contributed by atoms with Gasteiger partial charge in [0.15, 0.2) is 5.96 Å². The fourth-order valence-electron chi connectivity index (χ4n) is 1.66. The number of benzene rings is 1. The second-order valence-corrected chi connectivity index (χ2v) is 3.90. The average Bonchev–Trinajstić information content (AvgIpc) is 2.45. The van der Waals surface area contributed by atoms with Crippen LogP contribution in [0.25, 0.3) is 0 Å². The first-order valence-corrected chi connectivity index (χ1v) is 6.48. The largest absolute Gasteiger partial charge is 0.497 e. The summed E-state index contributed by atoms with van der Waals surface area (Å²) in [6, 6.07) is 5.75. The molecule has 0 aliphatic rings. The van der Waals surface area contributed by atoms with Crippen LogP contribution in [0.4, 0.5) is 0 Å². The van der Waals surface area contributed by atoms with Crippen molar-refractivity contribution in [1.82, 2.24) is 10.6 Å². The Morgan fingerprint density at radius 3 is 2.25 bits per heavy atom. The molecule has 0 bridgehead atoms. The van der Waals surface area contributed by atoms with Gasteiger partial charge in [-0.25, -0.2) is 4.99 Å². The van der Waals surface area contributed by atoms with Crippen molar-refractivity contribution < 1.29 is 9.47 Å². The van der Waals surface area contributed by atoms with E-state index in [1.807, 2.05) is 32.0 Å². The molecule has 0 saturated carbocycles. The van der Waals surface area contributed by atoms with Crippen molar-refractivity contribution in [1.29, 1.82) is 0 Å². The summed E-state index contributed by atoms with van der Waals surface area (Å²) in [5.74, 6) is 2.38. The first kappa shape index (κ1) is 18.8. The normalized spacial score (nSPS) is 9.20. The Balaban J connectivity index is 0.00000361. The molecular formula is C14H24IN3O2. The molecule has 0 atom stereocenters. The molecule has 0 heterocycles. The summed E-state index contributed by atoms with van der Waals surface area (Å²) >= 11 is 0. The highest BCUT2D eigenvalue weighted by molar-refractivity contribution is 14.0. The van der Waals surface area contributed by atoms with Crippen LogP contribution in [0.1, 0.15) is 19.4 Å². The van der Waals surface area contributed by atoms with Gasteiger partial charge in [0.05, 0.1) is 20.8 Å². The molecule has 0 aromatic heterocycles. The third-order valence-electron chi connectivity index (χ3n) is 2.59. The number of rotatable bonds is 6. The van der Waals surface area contributed by atoms with Crippen LogP contribution in [-0.2, 0) is 6.54 Å². The third kappa shape index (κ3) is 5.85. The molecule has 0 aliphatic heterocycles. The van der Waals surface area contributed by atoms with Crippen LogP contribution in [0, 0.1) is 0 Å².